The Morgan fingerprint density at radius 1 is 1.47 bits per heavy atom. The van der Waals surface area contributed by atoms with E-state index in [1.807, 2.05) is 6.07 Å². The summed E-state index contributed by atoms with van der Waals surface area (Å²) in [6.45, 7) is 3.33. The van der Waals surface area contributed by atoms with Crippen LogP contribution in [-0.4, -0.2) is 12.0 Å². The van der Waals surface area contributed by atoms with Crippen LogP contribution in [-0.2, 0) is 4.79 Å². The Labute approximate surface area is 96.6 Å². The summed E-state index contributed by atoms with van der Waals surface area (Å²) in [6.07, 6.45) is -2.59. The van der Waals surface area contributed by atoms with E-state index in [2.05, 4.69) is 5.32 Å². The van der Waals surface area contributed by atoms with Crippen LogP contribution >= 0.6 is 0 Å². The minimum Gasteiger partial charge on any atom is -0.366 e. The average Bonchev–Trinajstić information content (AvgIpc) is 2.25. The molecule has 0 fully saturated rings. The number of Topliss-reactive ketones (excluding diaryl/α,β-unsaturated/α-hetero) is 1. The third-order valence-corrected chi connectivity index (χ3v) is 2.46. The first-order valence-electron chi connectivity index (χ1n) is 4.96. The summed E-state index contributed by atoms with van der Waals surface area (Å²) in [5.74, 6) is -2.97. The molecule has 1 rings (SSSR count). The minimum atomic E-state index is -4.92. The molecule has 0 amide bonds. The average molecular weight is 244 g/mol. The summed E-state index contributed by atoms with van der Waals surface area (Å²) in [7, 11) is 0. The summed E-state index contributed by atoms with van der Waals surface area (Å²) in [5, 5.41) is 11.2. The van der Waals surface area contributed by atoms with E-state index in [0.717, 1.165) is 6.20 Å². The number of halogens is 3. The van der Waals surface area contributed by atoms with Gasteiger partial charge in [0, 0.05) is 23.9 Å². The van der Waals surface area contributed by atoms with Crippen LogP contribution in [0.15, 0.2) is 23.5 Å². The zero-order valence-corrected chi connectivity index (χ0v) is 9.30. The molecule has 0 aromatic carbocycles. The van der Waals surface area contributed by atoms with Crippen LogP contribution in [0.4, 0.5) is 13.2 Å². The van der Waals surface area contributed by atoms with Gasteiger partial charge in [0.2, 0.25) is 0 Å². The molecule has 1 unspecified atom stereocenters. The molecule has 3 nitrogen and oxygen atoms in total. The normalized spacial score (nSPS) is 20.2. The monoisotopic (exact) mass is 244 g/mol. The lowest BCUT2D eigenvalue weighted by Crippen LogP contribution is -2.33. The van der Waals surface area contributed by atoms with Gasteiger partial charge < -0.3 is 5.32 Å². The van der Waals surface area contributed by atoms with Gasteiger partial charge >= 0.3 is 6.18 Å². The van der Waals surface area contributed by atoms with Gasteiger partial charge in [-0.1, -0.05) is 13.8 Å². The van der Waals surface area contributed by atoms with Gasteiger partial charge in [-0.25, -0.2) is 0 Å². The fourth-order valence-electron chi connectivity index (χ4n) is 1.76. The zero-order valence-electron chi connectivity index (χ0n) is 9.30. The quantitative estimate of drug-likeness (QED) is 0.810. The van der Waals surface area contributed by atoms with E-state index in [-0.39, 0.29) is 11.5 Å². The van der Waals surface area contributed by atoms with Crippen molar-refractivity contribution in [1.29, 1.82) is 5.26 Å². The van der Waals surface area contributed by atoms with E-state index in [1.54, 1.807) is 13.8 Å². The fourth-order valence-corrected chi connectivity index (χ4v) is 1.76. The van der Waals surface area contributed by atoms with E-state index >= 15 is 0 Å². The number of carbonyl (C=O) groups excluding carboxylic acids is 1. The Kier molecular flexibility index (Phi) is 3.61. The summed E-state index contributed by atoms with van der Waals surface area (Å²) < 4.78 is 37.1. The number of nitrogens with zero attached hydrogens (tertiary/aromatic N) is 1. The standard InChI is InChI=1S/C11H11F3N2O/c1-6(2)9-7(3-15)4-16-5-8(9)10(17)11(12,13)14/h4-6,9,16H,1-2H3. The highest BCUT2D eigenvalue weighted by atomic mass is 19.4. The summed E-state index contributed by atoms with van der Waals surface area (Å²) in [4.78, 5) is 11.2. The molecule has 1 aliphatic heterocycles. The van der Waals surface area contributed by atoms with E-state index in [0.29, 0.717) is 0 Å². The zero-order chi connectivity index (χ0) is 13.2. The predicted octanol–water partition coefficient (Wildman–Crippen LogP) is 2.28. The van der Waals surface area contributed by atoms with Crippen molar-refractivity contribution in [2.45, 2.75) is 20.0 Å². The van der Waals surface area contributed by atoms with Gasteiger partial charge in [0.15, 0.2) is 0 Å². The molecule has 0 aromatic heterocycles. The number of hydrogen-bond acceptors (Lipinski definition) is 3. The number of nitrogens with one attached hydrogen (secondary N) is 1. The lowest BCUT2D eigenvalue weighted by Gasteiger charge is -2.26. The molecule has 0 spiro atoms. The summed E-state index contributed by atoms with van der Waals surface area (Å²) >= 11 is 0. The molecule has 92 valence electrons. The van der Waals surface area contributed by atoms with E-state index < -0.39 is 23.5 Å². The van der Waals surface area contributed by atoms with Crippen molar-refractivity contribution < 1.29 is 18.0 Å². The van der Waals surface area contributed by atoms with Gasteiger partial charge in [0.05, 0.1) is 11.6 Å². The van der Waals surface area contributed by atoms with Crippen LogP contribution in [0.25, 0.3) is 0 Å². The Morgan fingerprint density at radius 3 is 2.47 bits per heavy atom. The molecule has 6 heteroatoms. The third kappa shape index (κ3) is 2.67. The van der Waals surface area contributed by atoms with Crippen LogP contribution in [0.1, 0.15) is 13.8 Å². The number of ketones is 1. The summed E-state index contributed by atoms with van der Waals surface area (Å²) in [5.41, 5.74) is -0.276. The molecule has 0 saturated carbocycles. The Hall–Kier alpha value is -1.77. The smallest absolute Gasteiger partial charge is 0.366 e. The molecule has 0 aliphatic carbocycles. The molecule has 17 heavy (non-hydrogen) atoms. The topological polar surface area (TPSA) is 52.9 Å². The van der Waals surface area contributed by atoms with Crippen LogP contribution in [0.5, 0.6) is 0 Å². The lowest BCUT2D eigenvalue weighted by atomic mass is 9.80. The van der Waals surface area contributed by atoms with Crippen LogP contribution in [0, 0.1) is 23.2 Å². The maximum Gasteiger partial charge on any atom is 0.454 e. The van der Waals surface area contributed by atoms with Crippen LogP contribution < -0.4 is 5.32 Å². The minimum absolute atomic E-state index is 0.134. The lowest BCUT2D eigenvalue weighted by molar-refractivity contribution is -0.167. The number of hydrogen-bond donors (Lipinski definition) is 1. The molecule has 0 radical (unpaired) electrons. The second kappa shape index (κ2) is 4.62. The van der Waals surface area contributed by atoms with Gasteiger partial charge in [-0.3, -0.25) is 4.79 Å². The molecule has 1 heterocycles. The summed E-state index contributed by atoms with van der Waals surface area (Å²) in [6, 6.07) is 1.81. The highest BCUT2D eigenvalue weighted by Crippen LogP contribution is 2.34. The Bertz CT molecular complexity index is 427. The maximum atomic E-state index is 12.4. The molecule has 0 aromatic rings. The fraction of sp³-hybridized carbons (Fsp3) is 0.455. The van der Waals surface area contributed by atoms with Crippen molar-refractivity contribution in [3.8, 4) is 6.07 Å². The highest BCUT2D eigenvalue weighted by Gasteiger charge is 2.44. The maximum absolute atomic E-state index is 12.4. The Morgan fingerprint density at radius 2 is 2.06 bits per heavy atom. The third-order valence-electron chi connectivity index (χ3n) is 2.46. The molecule has 0 bridgehead atoms. The molecule has 0 saturated heterocycles. The highest BCUT2D eigenvalue weighted by molar-refractivity contribution is 6.00. The van der Waals surface area contributed by atoms with E-state index in [1.165, 1.54) is 6.20 Å². The van der Waals surface area contributed by atoms with Crippen LogP contribution in [0.3, 0.4) is 0 Å². The Balaban J connectivity index is 3.12. The van der Waals surface area contributed by atoms with Gasteiger partial charge in [0.25, 0.3) is 5.78 Å². The first-order valence-corrected chi connectivity index (χ1v) is 4.96. The first kappa shape index (κ1) is 13.3. The number of alkyl halides is 3. The molecule has 1 aliphatic rings. The van der Waals surface area contributed by atoms with E-state index in [9.17, 15) is 18.0 Å². The molecular weight excluding hydrogens is 233 g/mol. The van der Waals surface area contributed by atoms with E-state index in [4.69, 9.17) is 5.26 Å². The number of rotatable bonds is 2. The first-order chi connectivity index (χ1) is 7.79. The number of dihydropyridines is 1. The van der Waals surface area contributed by atoms with Crippen molar-refractivity contribution in [1.82, 2.24) is 5.32 Å². The molecule has 1 atom stereocenters. The number of nitriles is 1. The van der Waals surface area contributed by atoms with Gasteiger partial charge in [-0.15, -0.1) is 0 Å². The SMILES string of the molecule is CC(C)C1C(C#N)=CNC=C1C(=O)C(F)(F)F. The van der Waals surface area contributed by atoms with Crippen molar-refractivity contribution in [3.63, 3.8) is 0 Å². The number of allylic oxidation sites excluding steroid dienone is 2. The second-order valence-electron chi connectivity index (χ2n) is 4.03. The van der Waals surface area contributed by atoms with Gasteiger partial charge in [-0.05, 0) is 5.92 Å². The van der Waals surface area contributed by atoms with Crippen molar-refractivity contribution in [2.75, 3.05) is 0 Å². The van der Waals surface area contributed by atoms with Crippen LogP contribution in [0.2, 0.25) is 0 Å². The molecular formula is C11H11F3N2O. The van der Waals surface area contributed by atoms with Crippen molar-refractivity contribution in [3.05, 3.63) is 23.5 Å². The van der Waals surface area contributed by atoms with Crippen molar-refractivity contribution >= 4 is 5.78 Å². The predicted molar refractivity (Wildman–Crippen MR) is 54.3 cm³/mol. The number of carbonyl (C=O) groups is 1. The van der Waals surface area contributed by atoms with Gasteiger partial charge in [0.1, 0.15) is 0 Å². The second-order valence-corrected chi connectivity index (χ2v) is 4.03. The van der Waals surface area contributed by atoms with Gasteiger partial charge in [-0.2, -0.15) is 18.4 Å². The molecule has 1 N–H and O–H groups in total. The van der Waals surface area contributed by atoms with Crippen molar-refractivity contribution in [2.24, 2.45) is 11.8 Å². The largest absolute Gasteiger partial charge is 0.454 e.